The monoisotopic (exact) mass is 1390 g/mol. The highest BCUT2D eigenvalue weighted by molar-refractivity contribution is 14.1. The highest BCUT2D eigenvalue weighted by Crippen LogP contribution is 2.49. The third-order valence-electron chi connectivity index (χ3n) is 20.0. The lowest BCUT2D eigenvalue weighted by molar-refractivity contribution is -0.128. The molecule has 494 valence electrons. The molecule has 13 rings (SSSR count). The number of aromatic nitrogens is 2. The number of fused-ring (bicyclic) bond motifs is 8. The molecule has 7 aromatic rings. The predicted molar refractivity (Wildman–Crippen MR) is 375 cm³/mol. The maximum atomic E-state index is 13.3. The van der Waals surface area contributed by atoms with Crippen molar-refractivity contribution in [3.63, 3.8) is 0 Å². The summed E-state index contributed by atoms with van der Waals surface area (Å²) in [7, 11) is 4.09. The first-order valence-corrected chi connectivity index (χ1v) is 34.6. The zero-order valence-corrected chi connectivity index (χ0v) is 57.8. The van der Waals surface area contributed by atoms with Crippen molar-refractivity contribution < 1.29 is 33.4 Å². The Bertz CT molecular complexity index is 4090. The standard InChI is InChI=1S/C30H34N4O3.C26H27N3O.C21H26IN3O3/c1-30(2,3)37-29(36)34-25-11-9-23(17-25)27(34)28(35)32-24(18-31)15-19-5-7-20(8-6-19)21-10-12-26-22(16-21)13-14-33(26)4;1-29-11-10-22-15-20(8-9-25(22)29)19-5-2-17(3-6-19)13-23(16-27)28-26(30)24-14-18-4-7-21(24)12-18;1-21(2,3)28-20(27)25-17-9-6-14(11-17)18(25)19(26)24-16(12-23)10-13-4-7-15(22)8-5-13/h5-8,10,12-14,16,23-25,27H,9,11,15,17H2,1-4H3,(H,32,35);2-3,5-6,8-11,15,18,21,23-24H,4,7,12-14H2,1H3,(H,28,30);4-5,7-8,14,16-18H,6,9-11H2,1-3H3,(H,24,26)/t23-,24-,25+,27-;18-,21+,23+,24+;14-,16-,17+,18-/m010/s1. The van der Waals surface area contributed by atoms with Gasteiger partial charge < -0.3 is 34.6 Å². The van der Waals surface area contributed by atoms with Crippen molar-refractivity contribution in [2.24, 2.45) is 43.7 Å². The van der Waals surface area contributed by atoms with E-state index >= 15 is 0 Å². The summed E-state index contributed by atoms with van der Waals surface area (Å²) in [6.07, 6.45) is 14.5. The highest BCUT2D eigenvalue weighted by atomic mass is 127. The highest BCUT2D eigenvalue weighted by Gasteiger charge is 2.54. The summed E-state index contributed by atoms with van der Waals surface area (Å²) >= 11 is 2.23. The summed E-state index contributed by atoms with van der Waals surface area (Å²) in [6, 6.07) is 45.3. The minimum Gasteiger partial charge on any atom is -0.444 e. The normalized spacial score (nSPS) is 23.0. The quantitative estimate of drug-likeness (QED) is 0.0873. The molecular formula is C77H87IN10O7. The second-order valence-corrected chi connectivity index (χ2v) is 30.2. The second kappa shape index (κ2) is 28.7. The Hall–Kier alpha value is -8.67. The van der Waals surface area contributed by atoms with Gasteiger partial charge in [0.2, 0.25) is 17.7 Å². The number of hydrogen-bond donors (Lipinski definition) is 3. The molecular weight excluding hydrogens is 1300 g/mol. The summed E-state index contributed by atoms with van der Waals surface area (Å²) in [5, 5.41) is 40.1. The van der Waals surface area contributed by atoms with E-state index in [0.717, 1.165) is 87.8 Å². The first-order chi connectivity index (χ1) is 45.4. The van der Waals surface area contributed by atoms with E-state index in [0.29, 0.717) is 25.2 Å². The Morgan fingerprint density at radius 3 is 1.23 bits per heavy atom. The van der Waals surface area contributed by atoms with Gasteiger partial charge in [0.25, 0.3) is 0 Å². The summed E-state index contributed by atoms with van der Waals surface area (Å²) in [6.45, 7) is 10.9. The fraction of sp³-hybridized carbons (Fsp3) is 0.455. The first-order valence-electron chi connectivity index (χ1n) is 33.6. The molecule has 6 aliphatic rings. The molecule has 12 atom stereocenters. The Balaban J connectivity index is 0.000000147. The number of nitrogens with one attached hydrogen (secondary N) is 3. The van der Waals surface area contributed by atoms with Crippen molar-refractivity contribution in [2.45, 2.75) is 179 Å². The SMILES string of the molecule is CC(C)(C)OC(=O)N1[C@@H]2CC[C@@H](C2)[C@H]1C(=O)N[C@H](C#N)Cc1ccc(I)cc1.Cn1ccc2cc(-c3ccc(C[C@@H](C#N)NC(=O)[C@@H]4[C@H]5CC[C@H](C5)N4C(=O)OC(C)(C)C)cc3)ccc21.Cn1ccc2cc(-c3ccc(C[C@@H](C#N)NC(=O)[C@H]4C[C@@H]5CC[C@H]4C5)cc3)ccc21. The van der Waals surface area contributed by atoms with Crippen LogP contribution in [0.3, 0.4) is 0 Å². The smallest absolute Gasteiger partial charge is 0.411 e. The molecule has 17 nitrogen and oxygen atoms in total. The van der Waals surface area contributed by atoms with Crippen LogP contribution >= 0.6 is 22.6 Å². The minimum absolute atomic E-state index is 0.0267. The number of carbonyl (C=O) groups is 5. The number of nitriles is 3. The van der Waals surface area contributed by atoms with Gasteiger partial charge in [-0.05, 0) is 233 Å². The van der Waals surface area contributed by atoms with Crippen LogP contribution in [-0.2, 0) is 57.2 Å². The van der Waals surface area contributed by atoms with E-state index in [2.05, 4.69) is 170 Å². The van der Waals surface area contributed by atoms with E-state index in [1.807, 2.05) is 85.0 Å². The van der Waals surface area contributed by atoms with Crippen LogP contribution in [0.2, 0.25) is 0 Å². The number of carbonyl (C=O) groups excluding carboxylic acids is 5. The van der Waals surface area contributed by atoms with Gasteiger partial charge in [0.1, 0.15) is 41.4 Å². The zero-order valence-electron chi connectivity index (χ0n) is 55.7. The third-order valence-corrected chi connectivity index (χ3v) is 20.7. The van der Waals surface area contributed by atoms with E-state index in [1.54, 1.807) is 9.80 Å². The maximum Gasteiger partial charge on any atom is 0.411 e. The molecule has 4 aliphatic carbocycles. The maximum absolute atomic E-state index is 13.3. The summed E-state index contributed by atoms with van der Waals surface area (Å²) in [5.74, 6) is 1.20. The third kappa shape index (κ3) is 16.0. The molecule has 18 heteroatoms. The van der Waals surface area contributed by atoms with Gasteiger partial charge in [-0.15, -0.1) is 0 Å². The molecule has 95 heavy (non-hydrogen) atoms. The van der Waals surface area contributed by atoms with Crippen LogP contribution < -0.4 is 16.0 Å². The van der Waals surface area contributed by atoms with Gasteiger partial charge in [0.05, 0.1) is 18.2 Å². The van der Waals surface area contributed by atoms with Gasteiger partial charge in [-0.1, -0.05) is 79.2 Å². The van der Waals surface area contributed by atoms with Crippen LogP contribution in [0.4, 0.5) is 9.59 Å². The molecule has 3 N–H and O–H groups in total. The molecule has 0 unspecified atom stereocenters. The van der Waals surface area contributed by atoms with Crippen molar-refractivity contribution in [3.05, 3.63) is 154 Å². The number of benzene rings is 5. The molecule has 6 fully saturated rings. The van der Waals surface area contributed by atoms with Crippen molar-refractivity contribution in [2.75, 3.05) is 0 Å². The molecule has 2 aliphatic heterocycles. The van der Waals surface area contributed by atoms with E-state index in [-0.39, 0.29) is 47.6 Å². The Morgan fingerprint density at radius 1 is 0.484 bits per heavy atom. The Morgan fingerprint density at radius 2 is 0.863 bits per heavy atom. The lowest BCUT2D eigenvalue weighted by Gasteiger charge is -2.35. The van der Waals surface area contributed by atoms with Crippen LogP contribution in [0, 0.1) is 67.2 Å². The summed E-state index contributed by atoms with van der Waals surface area (Å²) < 4.78 is 16.5. The zero-order chi connectivity index (χ0) is 67.5. The summed E-state index contributed by atoms with van der Waals surface area (Å²) in [5.41, 5.74) is 8.76. The van der Waals surface area contributed by atoms with Gasteiger partial charge >= 0.3 is 12.2 Å². The van der Waals surface area contributed by atoms with E-state index in [1.165, 1.54) is 46.6 Å². The number of aryl methyl sites for hydroxylation is 2. The number of hydrogen-bond acceptors (Lipinski definition) is 10. The number of likely N-dealkylation sites (tertiary alicyclic amines) is 2. The molecule has 5 amide bonds. The first kappa shape index (κ1) is 67.7. The van der Waals surface area contributed by atoms with Gasteiger partial charge in [-0.25, -0.2) is 9.59 Å². The number of ether oxygens (including phenoxy) is 2. The Labute approximate surface area is 571 Å². The molecule has 6 bridgehead atoms. The van der Waals surface area contributed by atoms with Crippen molar-refractivity contribution in [1.82, 2.24) is 34.9 Å². The van der Waals surface area contributed by atoms with Crippen LogP contribution in [0.1, 0.15) is 122 Å². The van der Waals surface area contributed by atoms with Gasteiger partial charge in [0.15, 0.2) is 0 Å². The van der Waals surface area contributed by atoms with Gasteiger partial charge in [-0.2, -0.15) is 15.8 Å². The van der Waals surface area contributed by atoms with E-state index in [9.17, 15) is 39.8 Å². The Kier molecular flexibility index (Phi) is 20.5. The fourth-order valence-electron chi connectivity index (χ4n) is 15.5. The van der Waals surface area contributed by atoms with Crippen molar-refractivity contribution in [3.8, 4) is 40.5 Å². The van der Waals surface area contributed by atoms with Gasteiger partial charge in [0, 0.05) is 89.1 Å². The molecule has 4 heterocycles. The lowest BCUT2D eigenvalue weighted by Crippen LogP contribution is -2.55. The lowest BCUT2D eigenvalue weighted by atomic mass is 9.88. The fourth-order valence-corrected chi connectivity index (χ4v) is 15.8. The summed E-state index contributed by atoms with van der Waals surface area (Å²) in [4.78, 5) is 67.8. The molecule has 4 saturated carbocycles. The topological polar surface area (TPSA) is 228 Å². The number of amides is 5. The molecule has 2 saturated heterocycles. The van der Waals surface area contributed by atoms with Crippen LogP contribution in [0.15, 0.2) is 134 Å². The van der Waals surface area contributed by atoms with E-state index in [4.69, 9.17) is 9.47 Å². The largest absolute Gasteiger partial charge is 0.444 e. The number of nitrogens with zero attached hydrogens (tertiary/aromatic N) is 7. The molecule has 0 radical (unpaired) electrons. The average Bonchev–Trinajstić information content (AvgIpc) is 1.63. The molecule has 5 aromatic carbocycles. The van der Waals surface area contributed by atoms with Gasteiger partial charge in [-0.3, -0.25) is 24.2 Å². The van der Waals surface area contributed by atoms with E-state index < -0.39 is 53.6 Å². The van der Waals surface area contributed by atoms with Crippen molar-refractivity contribution in [1.29, 1.82) is 15.8 Å². The van der Waals surface area contributed by atoms with Crippen LogP contribution in [0.5, 0.6) is 0 Å². The van der Waals surface area contributed by atoms with Crippen LogP contribution in [0.25, 0.3) is 44.1 Å². The molecule has 0 spiro atoms. The number of piperidine rings is 2. The average molecular weight is 1390 g/mol. The minimum atomic E-state index is -0.682. The predicted octanol–water partition coefficient (Wildman–Crippen LogP) is 13.6. The second-order valence-electron chi connectivity index (χ2n) is 29.0. The van der Waals surface area contributed by atoms with Crippen molar-refractivity contribution >= 4 is 74.3 Å². The number of rotatable bonds is 14. The molecule has 2 aromatic heterocycles. The number of halogens is 1. The van der Waals surface area contributed by atoms with Crippen LogP contribution in [-0.4, -0.2) is 102 Å².